The fraction of sp³-hybridized carbons (Fsp3) is 0.179. The molecule has 4 rings (SSSR count). The maximum Gasteiger partial charge on any atom is 0.253 e. The highest BCUT2D eigenvalue weighted by atomic mass is 32.2. The summed E-state index contributed by atoms with van der Waals surface area (Å²) in [6.45, 7) is 11.2. The molecular weight excluding hydrogens is 454 g/mol. The number of carbonyl (C=O) groups is 1. The Bertz CT molecular complexity index is 1120. The Morgan fingerprint density at radius 3 is 2.23 bits per heavy atom. The molecule has 0 N–H and O–H groups in total. The molecule has 0 saturated carbocycles. The Morgan fingerprint density at radius 1 is 0.943 bits per heavy atom. The zero-order valence-corrected chi connectivity index (χ0v) is 20.5. The van der Waals surface area contributed by atoms with E-state index in [1.165, 1.54) is 6.33 Å². The molecule has 7 heteroatoms. The second-order valence-electron chi connectivity index (χ2n) is 8.05. The topological polar surface area (TPSA) is 52.6 Å². The SMILES string of the molecule is C=C/C=C(\C=C)N1CCN(C(=O)c2ccc(N(Cc3cncnc3)Sc3ccccc3)cc2)CC1. The molecule has 3 aromatic rings. The normalized spacial score (nSPS) is 13.9. The van der Waals surface area contributed by atoms with Crippen LogP contribution in [-0.2, 0) is 6.54 Å². The third kappa shape index (κ3) is 6.39. The summed E-state index contributed by atoms with van der Waals surface area (Å²) >= 11 is 1.64. The average Bonchev–Trinajstić information content (AvgIpc) is 2.92. The van der Waals surface area contributed by atoms with Gasteiger partial charge in [-0.25, -0.2) is 9.97 Å². The van der Waals surface area contributed by atoms with Crippen LogP contribution >= 0.6 is 11.9 Å². The summed E-state index contributed by atoms with van der Waals surface area (Å²) in [5.41, 5.74) is 3.75. The number of carbonyl (C=O) groups excluding carboxylic acids is 1. The van der Waals surface area contributed by atoms with Crippen molar-refractivity contribution in [3.8, 4) is 0 Å². The van der Waals surface area contributed by atoms with Crippen LogP contribution in [0.4, 0.5) is 5.69 Å². The fourth-order valence-corrected chi connectivity index (χ4v) is 4.88. The van der Waals surface area contributed by atoms with Gasteiger partial charge in [-0.2, -0.15) is 0 Å². The predicted octanol–water partition coefficient (Wildman–Crippen LogP) is 5.20. The van der Waals surface area contributed by atoms with Crippen LogP contribution in [0.25, 0.3) is 0 Å². The highest BCUT2D eigenvalue weighted by Crippen LogP contribution is 2.31. The maximum atomic E-state index is 13.2. The third-order valence-corrected chi connectivity index (χ3v) is 6.77. The van der Waals surface area contributed by atoms with E-state index in [-0.39, 0.29) is 5.91 Å². The monoisotopic (exact) mass is 483 g/mol. The van der Waals surface area contributed by atoms with Gasteiger partial charge < -0.3 is 14.1 Å². The molecule has 1 saturated heterocycles. The van der Waals surface area contributed by atoms with Crippen molar-refractivity contribution in [1.82, 2.24) is 19.8 Å². The molecule has 0 spiro atoms. The molecule has 0 atom stereocenters. The third-order valence-electron chi connectivity index (χ3n) is 5.73. The van der Waals surface area contributed by atoms with Gasteiger partial charge in [-0.3, -0.25) is 4.79 Å². The fourth-order valence-electron chi connectivity index (χ4n) is 3.91. The van der Waals surface area contributed by atoms with Crippen LogP contribution in [0.1, 0.15) is 15.9 Å². The van der Waals surface area contributed by atoms with Crippen molar-refractivity contribution in [2.75, 3.05) is 30.5 Å². The van der Waals surface area contributed by atoms with Crippen LogP contribution in [0.15, 0.2) is 115 Å². The molecule has 1 aromatic heterocycles. The largest absolute Gasteiger partial charge is 0.368 e. The molecule has 2 heterocycles. The van der Waals surface area contributed by atoms with Crippen LogP contribution < -0.4 is 4.31 Å². The summed E-state index contributed by atoms with van der Waals surface area (Å²) in [7, 11) is 0. The van der Waals surface area contributed by atoms with Gasteiger partial charge in [0.25, 0.3) is 5.91 Å². The van der Waals surface area contributed by atoms with Crippen LogP contribution in [0, 0.1) is 0 Å². The predicted molar refractivity (Wildman–Crippen MR) is 143 cm³/mol. The first-order chi connectivity index (χ1) is 17.2. The first-order valence-electron chi connectivity index (χ1n) is 11.5. The Hall–Kier alpha value is -3.84. The van der Waals surface area contributed by atoms with Crippen LogP contribution in [-0.4, -0.2) is 51.9 Å². The van der Waals surface area contributed by atoms with E-state index in [1.807, 2.05) is 71.9 Å². The van der Waals surface area contributed by atoms with E-state index in [9.17, 15) is 4.79 Å². The van der Waals surface area contributed by atoms with Crippen molar-refractivity contribution in [1.29, 1.82) is 0 Å². The molecule has 0 radical (unpaired) electrons. The van der Waals surface area contributed by atoms with Gasteiger partial charge in [0.2, 0.25) is 0 Å². The van der Waals surface area contributed by atoms with E-state index in [4.69, 9.17) is 0 Å². The van der Waals surface area contributed by atoms with E-state index in [0.717, 1.165) is 34.9 Å². The summed E-state index contributed by atoms with van der Waals surface area (Å²) < 4.78 is 2.18. The first kappa shape index (κ1) is 24.3. The van der Waals surface area contributed by atoms with Crippen molar-refractivity contribution in [2.45, 2.75) is 11.4 Å². The van der Waals surface area contributed by atoms with Crippen LogP contribution in [0.3, 0.4) is 0 Å². The number of aromatic nitrogens is 2. The lowest BCUT2D eigenvalue weighted by molar-refractivity contribution is 0.0672. The molecule has 178 valence electrons. The average molecular weight is 484 g/mol. The summed E-state index contributed by atoms with van der Waals surface area (Å²) in [5.74, 6) is 0.0581. The minimum Gasteiger partial charge on any atom is -0.368 e. The minimum atomic E-state index is 0.0581. The second-order valence-corrected chi connectivity index (χ2v) is 9.14. The summed E-state index contributed by atoms with van der Waals surface area (Å²) in [6.07, 6.45) is 10.7. The van der Waals surface area contributed by atoms with Gasteiger partial charge in [0.1, 0.15) is 6.33 Å². The summed E-state index contributed by atoms with van der Waals surface area (Å²) in [4.78, 5) is 26.7. The molecule has 1 aliphatic rings. The molecule has 0 bridgehead atoms. The van der Waals surface area contributed by atoms with E-state index >= 15 is 0 Å². The Labute approximate surface area is 211 Å². The molecular formula is C28H29N5OS. The van der Waals surface area contributed by atoms with Gasteiger partial charge in [-0.1, -0.05) is 37.4 Å². The number of amides is 1. The smallest absolute Gasteiger partial charge is 0.253 e. The van der Waals surface area contributed by atoms with Gasteiger partial charge in [0.05, 0.1) is 6.54 Å². The second kappa shape index (κ2) is 12.0. The highest BCUT2D eigenvalue weighted by Gasteiger charge is 2.23. The maximum absolute atomic E-state index is 13.2. The lowest BCUT2D eigenvalue weighted by Gasteiger charge is -2.36. The van der Waals surface area contributed by atoms with Crippen molar-refractivity contribution >= 4 is 23.5 Å². The van der Waals surface area contributed by atoms with Gasteiger partial charge in [-0.05, 0) is 60.5 Å². The molecule has 0 unspecified atom stereocenters. The summed E-state index contributed by atoms with van der Waals surface area (Å²) in [5, 5.41) is 0. The van der Waals surface area contributed by atoms with Crippen molar-refractivity contribution in [2.24, 2.45) is 0 Å². The number of allylic oxidation sites excluding steroid dienone is 3. The minimum absolute atomic E-state index is 0.0581. The number of rotatable bonds is 9. The number of hydrogen-bond acceptors (Lipinski definition) is 6. The van der Waals surface area contributed by atoms with Crippen LogP contribution in [0.2, 0.25) is 0 Å². The van der Waals surface area contributed by atoms with Gasteiger partial charge in [0, 0.05) is 66.0 Å². The number of nitrogens with zero attached hydrogens (tertiary/aromatic N) is 5. The number of piperazine rings is 1. The molecule has 6 nitrogen and oxygen atoms in total. The summed E-state index contributed by atoms with van der Waals surface area (Å²) in [6, 6.07) is 18.1. The highest BCUT2D eigenvalue weighted by molar-refractivity contribution is 8.00. The molecule has 0 aliphatic carbocycles. The van der Waals surface area contributed by atoms with E-state index in [0.29, 0.717) is 25.2 Å². The van der Waals surface area contributed by atoms with Gasteiger partial charge in [0.15, 0.2) is 0 Å². The van der Waals surface area contributed by atoms with Gasteiger partial charge >= 0.3 is 0 Å². The standard InChI is InChI=1S/C28H29N5OS/c1-3-8-25(4-2)31-15-17-32(18-16-31)28(34)24-11-13-26(14-12-24)33(21-23-19-29-22-30-20-23)35-27-9-6-5-7-10-27/h3-14,19-20,22H,1-2,15-18,21H2/b25-8+. The van der Waals surface area contributed by atoms with Crippen molar-refractivity contribution < 1.29 is 4.79 Å². The Kier molecular flexibility index (Phi) is 8.35. The quantitative estimate of drug-likeness (QED) is 0.308. The van der Waals surface area contributed by atoms with E-state index in [1.54, 1.807) is 18.0 Å². The Balaban J connectivity index is 1.45. The number of hydrogen-bond donors (Lipinski definition) is 0. The Morgan fingerprint density at radius 2 is 1.60 bits per heavy atom. The van der Waals surface area contributed by atoms with E-state index in [2.05, 4.69) is 44.5 Å². The molecule has 1 amide bonds. The van der Waals surface area contributed by atoms with Crippen molar-refractivity contribution in [3.63, 3.8) is 0 Å². The van der Waals surface area contributed by atoms with Gasteiger partial charge in [-0.15, -0.1) is 0 Å². The lowest BCUT2D eigenvalue weighted by atomic mass is 10.1. The molecule has 1 fully saturated rings. The van der Waals surface area contributed by atoms with E-state index < -0.39 is 0 Å². The molecule has 35 heavy (non-hydrogen) atoms. The van der Waals surface area contributed by atoms with Crippen LogP contribution in [0.5, 0.6) is 0 Å². The molecule has 2 aromatic carbocycles. The molecule has 1 aliphatic heterocycles. The number of anilines is 1. The first-order valence-corrected chi connectivity index (χ1v) is 12.3. The zero-order chi connectivity index (χ0) is 24.5. The van der Waals surface area contributed by atoms with Crippen molar-refractivity contribution in [3.05, 3.63) is 122 Å². The zero-order valence-electron chi connectivity index (χ0n) is 19.7. The number of benzene rings is 2. The lowest BCUT2D eigenvalue weighted by Crippen LogP contribution is -2.48.